The fraction of sp³-hybridized carbons (Fsp3) is 0.310. The van der Waals surface area contributed by atoms with Crippen LogP contribution in [0.15, 0.2) is 65.6 Å². The fourth-order valence-electron chi connectivity index (χ4n) is 4.36. The van der Waals surface area contributed by atoms with Gasteiger partial charge in [0.15, 0.2) is 0 Å². The molecule has 1 atom stereocenters. The first-order chi connectivity index (χ1) is 18.4. The van der Waals surface area contributed by atoms with Gasteiger partial charge in [-0.3, -0.25) is 4.79 Å². The smallest absolute Gasteiger partial charge is 0.387 e. The number of nitrogens with one attached hydrogen (secondary N) is 1. The number of aromatic nitrogens is 2. The lowest BCUT2D eigenvalue weighted by Gasteiger charge is -2.15. The van der Waals surface area contributed by atoms with Crippen LogP contribution in [0, 0.1) is 5.92 Å². The van der Waals surface area contributed by atoms with E-state index >= 15 is 0 Å². The van der Waals surface area contributed by atoms with Gasteiger partial charge in [-0.05, 0) is 61.6 Å². The first kappa shape index (κ1) is 26.5. The zero-order valence-corrected chi connectivity index (χ0v) is 22.3. The molecular weight excluding hydrogens is 530 g/mol. The van der Waals surface area contributed by atoms with E-state index in [0.717, 1.165) is 17.2 Å². The Morgan fingerprint density at radius 3 is 2.61 bits per heavy atom. The van der Waals surface area contributed by atoms with Crippen LogP contribution in [0.4, 0.5) is 8.78 Å². The second kappa shape index (κ2) is 11.7. The number of aromatic amines is 1. The summed E-state index contributed by atoms with van der Waals surface area (Å²) in [5, 5.41) is 0.358. The molecule has 198 valence electrons. The highest BCUT2D eigenvalue weighted by Gasteiger charge is 2.24. The van der Waals surface area contributed by atoms with Gasteiger partial charge >= 0.3 is 12.6 Å². The predicted molar refractivity (Wildman–Crippen MR) is 146 cm³/mol. The molecule has 0 amide bonds. The van der Waals surface area contributed by atoms with Gasteiger partial charge in [-0.1, -0.05) is 41.9 Å². The SMILES string of the molecule is CCOC(=O)CC(c1ccc(SCC2CC2)cc1)c1nc2cc(-c3ccccc3OC(F)F)c(Cl)cc2[nH]1. The van der Waals surface area contributed by atoms with Crippen molar-refractivity contribution < 1.29 is 23.0 Å². The molecule has 0 aliphatic heterocycles. The van der Waals surface area contributed by atoms with Gasteiger partial charge in [0.2, 0.25) is 0 Å². The van der Waals surface area contributed by atoms with E-state index in [1.54, 1.807) is 37.3 Å². The highest BCUT2D eigenvalue weighted by Crippen LogP contribution is 2.39. The minimum Gasteiger partial charge on any atom is -0.466 e. The van der Waals surface area contributed by atoms with Gasteiger partial charge in [0.25, 0.3) is 0 Å². The number of carbonyl (C=O) groups excluding carboxylic acids is 1. The van der Waals surface area contributed by atoms with Crippen molar-refractivity contribution in [3.8, 4) is 16.9 Å². The lowest BCUT2D eigenvalue weighted by molar-refractivity contribution is -0.143. The number of imidazole rings is 1. The van der Waals surface area contributed by atoms with E-state index in [1.807, 2.05) is 23.9 Å². The zero-order valence-electron chi connectivity index (χ0n) is 20.8. The van der Waals surface area contributed by atoms with Gasteiger partial charge in [-0.2, -0.15) is 8.78 Å². The van der Waals surface area contributed by atoms with Crippen LogP contribution in [0.25, 0.3) is 22.2 Å². The minimum absolute atomic E-state index is 0.0272. The van der Waals surface area contributed by atoms with Crippen molar-refractivity contribution in [2.75, 3.05) is 12.4 Å². The zero-order chi connectivity index (χ0) is 26.6. The van der Waals surface area contributed by atoms with Crippen LogP contribution < -0.4 is 4.74 Å². The van der Waals surface area contributed by atoms with Crippen LogP contribution in [0.2, 0.25) is 5.02 Å². The Hall–Kier alpha value is -3.10. The van der Waals surface area contributed by atoms with Crippen molar-refractivity contribution in [2.24, 2.45) is 5.92 Å². The van der Waals surface area contributed by atoms with E-state index in [1.165, 1.54) is 23.8 Å². The number of fused-ring (bicyclic) bond motifs is 1. The highest BCUT2D eigenvalue weighted by molar-refractivity contribution is 7.99. The van der Waals surface area contributed by atoms with Crippen molar-refractivity contribution >= 4 is 40.4 Å². The van der Waals surface area contributed by atoms with Crippen molar-refractivity contribution in [2.45, 2.75) is 43.6 Å². The standard InChI is InChI=1S/C29H27ClF2N2O3S/c1-2-36-27(35)14-21(18-9-11-19(12-10-18)38-16-17-7-8-17)28-33-24-13-22(23(30)15-25(24)34-28)20-5-3-4-6-26(20)37-29(31)32/h3-6,9-13,15,17,21,29H,2,7-8,14,16H2,1H3,(H,33,34). The molecule has 1 saturated carbocycles. The lowest BCUT2D eigenvalue weighted by atomic mass is 9.95. The van der Waals surface area contributed by atoms with Gasteiger partial charge < -0.3 is 14.5 Å². The van der Waals surface area contributed by atoms with Crippen molar-refractivity contribution in [3.63, 3.8) is 0 Å². The molecule has 9 heteroatoms. The molecule has 0 radical (unpaired) electrons. The van der Waals surface area contributed by atoms with Crippen molar-refractivity contribution in [3.05, 3.63) is 77.1 Å². The Bertz CT molecular complexity index is 1420. The van der Waals surface area contributed by atoms with Crippen LogP contribution in [-0.2, 0) is 9.53 Å². The molecule has 3 aromatic carbocycles. The Kier molecular flexibility index (Phi) is 8.19. The average Bonchev–Trinajstić information content (AvgIpc) is 3.64. The summed E-state index contributed by atoms with van der Waals surface area (Å²) in [6.07, 6.45) is 2.75. The molecular formula is C29H27ClF2N2O3S. The number of halogens is 3. The van der Waals surface area contributed by atoms with Crippen LogP contribution in [-0.4, -0.2) is 34.9 Å². The van der Waals surface area contributed by atoms with Gasteiger partial charge in [-0.25, -0.2) is 4.98 Å². The number of hydrogen-bond acceptors (Lipinski definition) is 5. The largest absolute Gasteiger partial charge is 0.466 e. The summed E-state index contributed by atoms with van der Waals surface area (Å²) >= 11 is 8.44. The molecule has 0 saturated heterocycles. The maximum atomic E-state index is 13.0. The van der Waals surface area contributed by atoms with E-state index in [0.29, 0.717) is 39.6 Å². The number of benzene rings is 3. The van der Waals surface area contributed by atoms with Gasteiger partial charge in [0.1, 0.15) is 11.6 Å². The molecule has 1 aliphatic carbocycles. The summed E-state index contributed by atoms with van der Waals surface area (Å²) in [5.74, 6) is 1.90. The van der Waals surface area contributed by atoms with Crippen LogP contribution in [0.3, 0.4) is 0 Å². The average molecular weight is 557 g/mol. The van der Waals surface area contributed by atoms with E-state index in [2.05, 4.69) is 17.1 Å². The number of hydrogen-bond donors (Lipinski definition) is 1. The van der Waals surface area contributed by atoms with Gasteiger partial charge in [0.05, 0.1) is 35.0 Å². The molecule has 1 N–H and O–H groups in total. The van der Waals surface area contributed by atoms with Gasteiger partial charge in [0, 0.05) is 21.8 Å². The topological polar surface area (TPSA) is 64.2 Å². The number of thioether (sulfide) groups is 1. The molecule has 0 spiro atoms. The van der Waals surface area contributed by atoms with E-state index in [-0.39, 0.29) is 24.1 Å². The normalized spacial score (nSPS) is 14.1. The minimum atomic E-state index is -2.96. The van der Waals surface area contributed by atoms with E-state index in [4.69, 9.17) is 26.1 Å². The van der Waals surface area contributed by atoms with E-state index in [9.17, 15) is 13.6 Å². The number of alkyl halides is 2. The second-order valence-electron chi connectivity index (χ2n) is 9.23. The molecule has 1 heterocycles. The number of nitrogens with zero attached hydrogens (tertiary/aromatic N) is 1. The number of rotatable bonds is 11. The fourth-order valence-corrected chi connectivity index (χ4v) is 5.72. The molecule has 1 aliphatic rings. The van der Waals surface area contributed by atoms with Crippen molar-refractivity contribution in [1.29, 1.82) is 0 Å². The second-order valence-corrected chi connectivity index (χ2v) is 10.7. The van der Waals surface area contributed by atoms with Crippen molar-refractivity contribution in [1.82, 2.24) is 9.97 Å². The summed E-state index contributed by atoms with van der Waals surface area (Å²) in [7, 11) is 0. The summed E-state index contributed by atoms with van der Waals surface area (Å²) in [6, 6.07) is 18.2. The molecule has 1 unspecified atom stereocenters. The molecule has 5 rings (SSSR count). The number of H-pyrrole nitrogens is 1. The van der Waals surface area contributed by atoms with E-state index < -0.39 is 6.61 Å². The number of carbonyl (C=O) groups is 1. The monoisotopic (exact) mass is 556 g/mol. The molecule has 38 heavy (non-hydrogen) atoms. The summed E-state index contributed by atoms with van der Waals surface area (Å²) in [6.45, 7) is -0.890. The summed E-state index contributed by atoms with van der Waals surface area (Å²) < 4.78 is 35.9. The van der Waals surface area contributed by atoms with Crippen LogP contribution in [0.5, 0.6) is 5.75 Å². The highest BCUT2D eigenvalue weighted by atomic mass is 35.5. The van der Waals surface area contributed by atoms with Crippen LogP contribution >= 0.6 is 23.4 Å². The maximum Gasteiger partial charge on any atom is 0.387 e. The lowest BCUT2D eigenvalue weighted by Crippen LogP contribution is -2.12. The Balaban J connectivity index is 1.49. The summed E-state index contributed by atoms with van der Waals surface area (Å²) in [4.78, 5) is 21.8. The molecule has 0 bridgehead atoms. The van der Waals surface area contributed by atoms with Gasteiger partial charge in [-0.15, -0.1) is 11.8 Å². The Morgan fingerprint density at radius 2 is 1.89 bits per heavy atom. The first-order valence-electron chi connectivity index (χ1n) is 12.5. The molecule has 1 fully saturated rings. The molecule has 5 nitrogen and oxygen atoms in total. The third-order valence-corrected chi connectivity index (χ3v) is 8.01. The Labute approximate surface area is 228 Å². The predicted octanol–water partition coefficient (Wildman–Crippen LogP) is 8.07. The third kappa shape index (κ3) is 6.30. The number of ether oxygens (including phenoxy) is 2. The van der Waals surface area contributed by atoms with Crippen LogP contribution in [0.1, 0.15) is 43.5 Å². The first-order valence-corrected chi connectivity index (χ1v) is 13.9. The summed E-state index contributed by atoms with van der Waals surface area (Å²) in [5.41, 5.74) is 3.16. The maximum absolute atomic E-state index is 13.0. The number of esters is 1. The third-order valence-electron chi connectivity index (χ3n) is 6.45. The Morgan fingerprint density at radius 1 is 1.13 bits per heavy atom. The molecule has 4 aromatic rings. The molecule has 1 aromatic heterocycles. The number of para-hydroxylation sites is 1. The quantitative estimate of drug-likeness (QED) is 0.149.